The molecule has 12 N–H and O–H groups in total. The molecule has 0 spiro atoms. The quantitative estimate of drug-likeness (QED) is 0.0755. The largest absolute Gasteiger partial charge is 0.481 e. The van der Waals surface area contributed by atoms with Gasteiger partial charge in [0.1, 0.15) is 18.1 Å². The Balaban J connectivity index is 5.53. The molecule has 0 saturated carbocycles. The summed E-state index contributed by atoms with van der Waals surface area (Å²) in [6.45, 7) is 0.302. The Morgan fingerprint density at radius 3 is 1.72 bits per heavy atom. The number of hydrogen-bond donors (Lipinski definition) is 9. The Hall–Kier alpha value is -3.79. The van der Waals surface area contributed by atoms with Crippen LogP contribution in [0.2, 0.25) is 0 Å². The van der Waals surface area contributed by atoms with Gasteiger partial charge >= 0.3 is 17.9 Å². The van der Waals surface area contributed by atoms with Crippen LogP contribution in [0.5, 0.6) is 0 Å². The van der Waals surface area contributed by atoms with E-state index in [2.05, 4.69) is 16.0 Å². The van der Waals surface area contributed by atoms with Crippen LogP contribution in [0.4, 0.5) is 0 Å². The maximum absolute atomic E-state index is 12.8. The molecule has 4 amide bonds. The van der Waals surface area contributed by atoms with Crippen molar-refractivity contribution < 1.29 is 48.9 Å². The second-order valence-electron chi connectivity index (χ2n) is 7.95. The minimum atomic E-state index is -1.72. The standard InChI is InChI=1S/C20H34N6O10/c21-8-2-1-3-12(20(35)36)25-19(34)13(9-16(30)31)26-18(33)11(5-6-14(23)27)24-17(32)10(22)4-7-15(28)29/h10-13H,1-9,21-22H2,(H2,23,27)(H,24,32)(H,25,34)(H,26,33)(H,28,29)(H,30,31)(H,35,36). The number of carbonyl (C=O) groups excluding carboxylic acids is 4. The van der Waals surface area contributed by atoms with E-state index in [9.17, 15) is 38.7 Å². The van der Waals surface area contributed by atoms with Gasteiger partial charge in [0.2, 0.25) is 23.6 Å². The summed E-state index contributed by atoms with van der Waals surface area (Å²) in [5.41, 5.74) is 16.1. The number of unbranched alkanes of at least 4 members (excludes halogenated alkanes) is 1. The summed E-state index contributed by atoms with van der Waals surface area (Å²) in [6.07, 6.45) is -1.44. The second-order valence-corrected chi connectivity index (χ2v) is 7.95. The van der Waals surface area contributed by atoms with Gasteiger partial charge in [0, 0.05) is 12.8 Å². The van der Waals surface area contributed by atoms with Gasteiger partial charge < -0.3 is 48.5 Å². The summed E-state index contributed by atoms with van der Waals surface area (Å²) in [5, 5.41) is 33.7. The predicted octanol–water partition coefficient (Wildman–Crippen LogP) is -3.41. The summed E-state index contributed by atoms with van der Waals surface area (Å²) < 4.78 is 0. The van der Waals surface area contributed by atoms with Crippen molar-refractivity contribution in [1.82, 2.24) is 16.0 Å². The number of nitrogens with two attached hydrogens (primary N) is 3. The smallest absolute Gasteiger partial charge is 0.326 e. The third-order valence-corrected chi connectivity index (χ3v) is 4.89. The van der Waals surface area contributed by atoms with E-state index in [-0.39, 0.29) is 25.7 Å². The van der Waals surface area contributed by atoms with Crippen molar-refractivity contribution in [2.24, 2.45) is 17.2 Å². The molecule has 0 fully saturated rings. The van der Waals surface area contributed by atoms with Crippen molar-refractivity contribution in [3.63, 3.8) is 0 Å². The van der Waals surface area contributed by atoms with Crippen molar-refractivity contribution in [3.05, 3.63) is 0 Å². The van der Waals surface area contributed by atoms with Gasteiger partial charge in [-0.3, -0.25) is 28.8 Å². The average molecular weight is 519 g/mol. The van der Waals surface area contributed by atoms with Gasteiger partial charge in [-0.2, -0.15) is 0 Å². The first-order valence-electron chi connectivity index (χ1n) is 11.1. The highest BCUT2D eigenvalue weighted by atomic mass is 16.4. The third-order valence-electron chi connectivity index (χ3n) is 4.89. The van der Waals surface area contributed by atoms with Crippen LogP contribution >= 0.6 is 0 Å². The Kier molecular flexibility index (Phi) is 15.0. The first kappa shape index (κ1) is 32.2. The van der Waals surface area contributed by atoms with Crippen molar-refractivity contribution in [2.45, 2.75) is 75.5 Å². The highest BCUT2D eigenvalue weighted by Crippen LogP contribution is 2.05. The summed E-state index contributed by atoms with van der Waals surface area (Å²) >= 11 is 0. The minimum absolute atomic E-state index is 0.0114. The zero-order chi connectivity index (χ0) is 27.8. The van der Waals surface area contributed by atoms with Crippen LogP contribution in [-0.4, -0.2) is 87.6 Å². The van der Waals surface area contributed by atoms with Crippen molar-refractivity contribution >= 4 is 41.5 Å². The fraction of sp³-hybridized carbons (Fsp3) is 0.650. The Bertz CT molecular complexity index is 821. The van der Waals surface area contributed by atoms with Gasteiger partial charge in [-0.15, -0.1) is 0 Å². The molecule has 204 valence electrons. The summed E-state index contributed by atoms with van der Waals surface area (Å²) in [7, 11) is 0. The number of primary amides is 1. The lowest BCUT2D eigenvalue weighted by Gasteiger charge is -2.24. The molecule has 4 atom stereocenters. The van der Waals surface area contributed by atoms with E-state index >= 15 is 0 Å². The van der Waals surface area contributed by atoms with Crippen molar-refractivity contribution in [1.29, 1.82) is 0 Å². The molecule has 0 aromatic heterocycles. The van der Waals surface area contributed by atoms with E-state index in [1.165, 1.54) is 0 Å². The molecule has 16 heteroatoms. The highest BCUT2D eigenvalue weighted by Gasteiger charge is 2.31. The lowest BCUT2D eigenvalue weighted by Crippen LogP contribution is -2.57. The van der Waals surface area contributed by atoms with Gasteiger partial charge in [0.05, 0.1) is 12.5 Å². The monoisotopic (exact) mass is 518 g/mol. The maximum atomic E-state index is 12.8. The fourth-order valence-electron chi connectivity index (χ4n) is 2.92. The molecule has 0 aromatic carbocycles. The Morgan fingerprint density at radius 1 is 0.667 bits per heavy atom. The van der Waals surface area contributed by atoms with Crippen LogP contribution in [-0.2, 0) is 33.6 Å². The van der Waals surface area contributed by atoms with Crippen LogP contribution in [0, 0.1) is 0 Å². The molecule has 0 aromatic rings. The molecule has 16 nitrogen and oxygen atoms in total. The molecule has 0 aliphatic heterocycles. The maximum Gasteiger partial charge on any atom is 0.326 e. The van der Waals surface area contributed by atoms with E-state index in [0.29, 0.717) is 19.4 Å². The van der Waals surface area contributed by atoms with Crippen LogP contribution < -0.4 is 33.2 Å². The molecule has 0 saturated heterocycles. The van der Waals surface area contributed by atoms with Crippen LogP contribution in [0.15, 0.2) is 0 Å². The first-order valence-corrected chi connectivity index (χ1v) is 11.1. The molecule has 0 aliphatic carbocycles. The number of hydrogen-bond acceptors (Lipinski definition) is 9. The van der Waals surface area contributed by atoms with Gasteiger partial charge in [-0.25, -0.2) is 4.79 Å². The molecule has 0 rings (SSSR count). The molecule has 0 radical (unpaired) electrons. The molecule has 0 aliphatic rings. The van der Waals surface area contributed by atoms with E-state index in [4.69, 9.17) is 27.4 Å². The predicted molar refractivity (Wildman–Crippen MR) is 122 cm³/mol. The summed E-state index contributed by atoms with van der Waals surface area (Å²) in [4.78, 5) is 82.2. The van der Waals surface area contributed by atoms with Crippen molar-refractivity contribution in [2.75, 3.05) is 6.54 Å². The zero-order valence-electron chi connectivity index (χ0n) is 19.6. The lowest BCUT2D eigenvalue weighted by molar-refractivity contribution is -0.144. The third kappa shape index (κ3) is 13.8. The summed E-state index contributed by atoms with van der Waals surface area (Å²) in [6, 6.07) is -5.88. The van der Waals surface area contributed by atoms with Gasteiger partial charge in [0.15, 0.2) is 0 Å². The fourth-order valence-corrected chi connectivity index (χ4v) is 2.92. The second kappa shape index (κ2) is 16.8. The molecule has 36 heavy (non-hydrogen) atoms. The van der Waals surface area contributed by atoms with Crippen molar-refractivity contribution in [3.8, 4) is 0 Å². The number of amides is 4. The topological polar surface area (TPSA) is 294 Å². The van der Waals surface area contributed by atoms with E-state index in [0.717, 1.165) is 0 Å². The SMILES string of the molecule is NCCCCC(NC(=O)C(CC(=O)O)NC(=O)C(CCC(N)=O)NC(=O)C(N)CCC(=O)O)C(=O)O. The average Bonchev–Trinajstić information content (AvgIpc) is 2.78. The Morgan fingerprint density at radius 2 is 1.22 bits per heavy atom. The molecule has 0 heterocycles. The number of carboxylic acid groups (broad SMARTS) is 3. The number of nitrogens with one attached hydrogen (secondary N) is 3. The van der Waals surface area contributed by atoms with E-state index in [1.807, 2.05) is 0 Å². The number of aliphatic carboxylic acids is 3. The van der Waals surface area contributed by atoms with Gasteiger partial charge in [-0.1, -0.05) is 0 Å². The minimum Gasteiger partial charge on any atom is -0.481 e. The number of carboxylic acids is 3. The molecular formula is C20H34N6O10. The molecule has 4 unspecified atom stereocenters. The van der Waals surface area contributed by atoms with Gasteiger partial charge in [0.25, 0.3) is 0 Å². The molecular weight excluding hydrogens is 484 g/mol. The van der Waals surface area contributed by atoms with Gasteiger partial charge in [-0.05, 0) is 38.6 Å². The summed E-state index contributed by atoms with van der Waals surface area (Å²) in [5.74, 6) is -7.96. The zero-order valence-corrected chi connectivity index (χ0v) is 19.6. The van der Waals surface area contributed by atoms with Crippen LogP contribution in [0.1, 0.15) is 51.4 Å². The van der Waals surface area contributed by atoms with E-state index < -0.39 is 78.5 Å². The first-order chi connectivity index (χ1) is 16.8. The van der Waals surface area contributed by atoms with E-state index in [1.54, 1.807) is 0 Å². The highest BCUT2D eigenvalue weighted by molar-refractivity contribution is 5.95. The van der Waals surface area contributed by atoms with Crippen LogP contribution in [0.25, 0.3) is 0 Å². The lowest BCUT2D eigenvalue weighted by atomic mass is 10.1. The number of carbonyl (C=O) groups is 7. The Labute approximate surface area is 206 Å². The van der Waals surface area contributed by atoms with Crippen LogP contribution in [0.3, 0.4) is 0 Å². The molecule has 0 bridgehead atoms. The number of rotatable bonds is 19. The normalized spacial score (nSPS) is 13.9.